The van der Waals surface area contributed by atoms with Gasteiger partial charge in [-0.1, -0.05) is 24.3 Å². The predicted octanol–water partition coefficient (Wildman–Crippen LogP) is 3.58. The van der Waals surface area contributed by atoms with Crippen LogP contribution in [0.5, 0.6) is 0 Å². The van der Waals surface area contributed by atoms with Crippen molar-refractivity contribution in [3.8, 4) is 11.1 Å². The maximum atomic E-state index is 14.3. The Labute approximate surface area is 170 Å². The third kappa shape index (κ3) is 2.56. The molecule has 5 nitrogen and oxygen atoms in total. The van der Waals surface area contributed by atoms with E-state index in [1.54, 1.807) is 23.1 Å². The summed E-state index contributed by atoms with van der Waals surface area (Å²) in [5.74, 6) is -2.23. The van der Waals surface area contributed by atoms with Crippen molar-refractivity contribution in [3.05, 3.63) is 71.8 Å². The van der Waals surface area contributed by atoms with E-state index in [2.05, 4.69) is 9.97 Å². The van der Waals surface area contributed by atoms with Crippen LogP contribution in [0.1, 0.15) is 33.8 Å². The smallest absolute Gasteiger partial charge is 0.376 e. The summed E-state index contributed by atoms with van der Waals surface area (Å²) < 4.78 is 42.8. The Morgan fingerprint density at radius 2 is 1.83 bits per heavy atom. The van der Waals surface area contributed by atoms with Crippen LogP contribution in [0.25, 0.3) is 11.1 Å². The number of hydrogen-bond donors (Lipinski definition) is 1. The number of fused-ring (bicyclic) bond motifs is 3. The Morgan fingerprint density at radius 3 is 2.47 bits per heavy atom. The molecule has 0 bridgehead atoms. The van der Waals surface area contributed by atoms with Crippen LogP contribution in [0.4, 0.5) is 13.2 Å². The maximum absolute atomic E-state index is 14.3. The van der Waals surface area contributed by atoms with E-state index in [-0.39, 0.29) is 17.0 Å². The standard InChI is InChI=1S/C22H18F3N3O2/c23-22(24,25)21(30)17-5-2-1-4-15(17)19-16(14-10-26-12-27-11-14)8-13(9-18(19)21)20(29)28-6-3-7-28/h1-2,4-5,8-12,15,17,30H,3,6-7H2. The molecule has 1 aromatic carbocycles. The van der Waals surface area contributed by atoms with Crippen molar-refractivity contribution in [1.82, 2.24) is 14.9 Å². The first kappa shape index (κ1) is 19.0. The fourth-order valence-electron chi connectivity index (χ4n) is 4.63. The maximum Gasteiger partial charge on any atom is 0.422 e. The van der Waals surface area contributed by atoms with Crippen molar-refractivity contribution in [3.63, 3.8) is 0 Å². The van der Waals surface area contributed by atoms with Gasteiger partial charge < -0.3 is 10.0 Å². The Morgan fingerprint density at radius 1 is 1.13 bits per heavy atom. The summed E-state index contributed by atoms with van der Waals surface area (Å²) in [6.07, 6.45) is 6.53. The van der Waals surface area contributed by atoms with Gasteiger partial charge >= 0.3 is 6.18 Å². The molecule has 30 heavy (non-hydrogen) atoms. The average Bonchev–Trinajstić information content (AvgIpc) is 2.97. The SMILES string of the molecule is O=C(c1cc(-c2cncnc2)c2c(c1)C(O)(C(F)(F)F)C1C=CC=CC21)N1CCC1. The second kappa shape index (κ2) is 6.50. The van der Waals surface area contributed by atoms with Gasteiger partial charge in [0.1, 0.15) is 6.33 Å². The number of nitrogens with zero attached hydrogens (tertiary/aromatic N) is 3. The summed E-state index contributed by atoms with van der Waals surface area (Å²) in [7, 11) is 0. The van der Waals surface area contributed by atoms with E-state index in [4.69, 9.17) is 0 Å². The third-order valence-corrected chi connectivity index (χ3v) is 6.24. The average molecular weight is 413 g/mol. The normalized spacial score (nSPS) is 26.9. The van der Waals surface area contributed by atoms with Crippen molar-refractivity contribution in [2.75, 3.05) is 13.1 Å². The van der Waals surface area contributed by atoms with E-state index in [0.29, 0.717) is 29.8 Å². The van der Waals surface area contributed by atoms with Crippen LogP contribution in [0.2, 0.25) is 0 Å². The number of hydrogen-bond acceptors (Lipinski definition) is 4. The second-order valence-corrected chi connectivity index (χ2v) is 7.84. The number of rotatable bonds is 2. The molecule has 8 heteroatoms. The van der Waals surface area contributed by atoms with Gasteiger partial charge in [0.05, 0.1) is 0 Å². The number of aliphatic hydroxyl groups is 1. The molecule has 2 aromatic rings. The lowest BCUT2D eigenvalue weighted by Crippen LogP contribution is -2.46. The number of alkyl halides is 3. The lowest BCUT2D eigenvalue weighted by Gasteiger charge is -2.34. The topological polar surface area (TPSA) is 66.3 Å². The number of likely N-dealkylation sites (tertiary alicyclic amines) is 1. The summed E-state index contributed by atoms with van der Waals surface area (Å²) in [5.41, 5.74) is -1.94. The first-order valence-electron chi connectivity index (χ1n) is 9.69. The quantitative estimate of drug-likeness (QED) is 0.818. The molecule has 2 aliphatic carbocycles. The molecule has 1 N–H and O–H groups in total. The summed E-state index contributed by atoms with van der Waals surface area (Å²) in [4.78, 5) is 22.5. The van der Waals surface area contributed by atoms with Crippen LogP contribution in [0.3, 0.4) is 0 Å². The highest BCUT2D eigenvalue weighted by Gasteiger charge is 2.65. The van der Waals surface area contributed by atoms with E-state index in [1.807, 2.05) is 0 Å². The number of benzene rings is 1. The minimum Gasteiger partial charge on any atom is -0.376 e. The number of allylic oxidation sites excluding steroid dienone is 3. The highest BCUT2D eigenvalue weighted by Crippen LogP contribution is 2.60. The van der Waals surface area contributed by atoms with Gasteiger partial charge in [-0.25, -0.2) is 9.97 Å². The van der Waals surface area contributed by atoms with Crippen LogP contribution in [0.15, 0.2) is 55.2 Å². The number of carbonyl (C=O) groups is 1. The first-order chi connectivity index (χ1) is 14.3. The minimum absolute atomic E-state index is 0.126. The molecule has 3 unspecified atom stereocenters. The molecule has 5 rings (SSSR count). The third-order valence-electron chi connectivity index (χ3n) is 6.24. The number of carbonyl (C=O) groups excluding carboxylic acids is 1. The van der Waals surface area contributed by atoms with Crippen molar-refractivity contribution in [1.29, 1.82) is 0 Å². The Balaban J connectivity index is 1.80. The highest BCUT2D eigenvalue weighted by molar-refractivity contribution is 5.97. The molecule has 1 aromatic heterocycles. The van der Waals surface area contributed by atoms with E-state index >= 15 is 0 Å². The second-order valence-electron chi connectivity index (χ2n) is 7.84. The minimum atomic E-state index is -4.92. The molecule has 3 atom stereocenters. The molecule has 1 fully saturated rings. The Kier molecular flexibility index (Phi) is 4.12. The van der Waals surface area contributed by atoms with E-state index in [1.165, 1.54) is 36.9 Å². The van der Waals surface area contributed by atoms with E-state index < -0.39 is 23.6 Å². The van der Waals surface area contributed by atoms with Crippen LogP contribution < -0.4 is 0 Å². The van der Waals surface area contributed by atoms with Crippen molar-refractivity contribution < 1.29 is 23.1 Å². The molecule has 0 saturated carbocycles. The van der Waals surface area contributed by atoms with Crippen molar-refractivity contribution in [2.24, 2.45) is 5.92 Å². The fraction of sp³-hybridized carbons (Fsp3) is 0.318. The monoisotopic (exact) mass is 413 g/mol. The molecule has 3 aliphatic rings. The van der Waals surface area contributed by atoms with Crippen LogP contribution >= 0.6 is 0 Å². The van der Waals surface area contributed by atoms with Crippen LogP contribution in [-0.4, -0.2) is 45.1 Å². The van der Waals surface area contributed by atoms with Crippen LogP contribution in [0, 0.1) is 5.92 Å². The largest absolute Gasteiger partial charge is 0.422 e. The lowest BCUT2D eigenvalue weighted by atomic mass is 9.80. The van der Waals surface area contributed by atoms with Gasteiger partial charge in [-0.3, -0.25) is 4.79 Å². The zero-order valence-electron chi connectivity index (χ0n) is 15.8. The Hall–Kier alpha value is -3.00. The number of halogens is 3. The lowest BCUT2D eigenvalue weighted by molar-refractivity contribution is -0.278. The van der Waals surface area contributed by atoms with Crippen molar-refractivity contribution in [2.45, 2.75) is 24.1 Å². The van der Waals surface area contributed by atoms with Crippen LogP contribution in [-0.2, 0) is 5.60 Å². The Bertz CT molecular complexity index is 1080. The molecule has 2 heterocycles. The highest BCUT2D eigenvalue weighted by atomic mass is 19.4. The van der Waals surface area contributed by atoms with Crippen molar-refractivity contribution >= 4 is 5.91 Å². The number of amides is 1. The molecule has 1 aliphatic heterocycles. The molecule has 1 amide bonds. The predicted molar refractivity (Wildman–Crippen MR) is 102 cm³/mol. The zero-order valence-corrected chi connectivity index (χ0v) is 15.8. The molecular weight excluding hydrogens is 395 g/mol. The molecule has 0 radical (unpaired) electrons. The molecular formula is C22H18F3N3O2. The summed E-state index contributed by atoms with van der Waals surface area (Å²) in [6, 6.07) is 2.82. The number of aromatic nitrogens is 2. The van der Waals surface area contributed by atoms with Gasteiger partial charge in [-0.2, -0.15) is 13.2 Å². The molecule has 154 valence electrons. The fourth-order valence-corrected chi connectivity index (χ4v) is 4.63. The molecule has 0 spiro atoms. The van der Waals surface area contributed by atoms with E-state index in [0.717, 1.165) is 6.42 Å². The van der Waals surface area contributed by atoms with Gasteiger partial charge in [-0.05, 0) is 35.2 Å². The summed E-state index contributed by atoms with van der Waals surface area (Å²) in [5, 5.41) is 11.1. The molecule has 1 saturated heterocycles. The van der Waals surface area contributed by atoms with Gasteiger partial charge in [0.15, 0.2) is 5.60 Å². The first-order valence-corrected chi connectivity index (χ1v) is 9.69. The summed E-state index contributed by atoms with van der Waals surface area (Å²) in [6.45, 7) is 1.14. The van der Waals surface area contributed by atoms with E-state index in [9.17, 15) is 23.1 Å². The van der Waals surface area contributed by atoms with Gasteiger partial charge in [-0.15, -0.1) is 0 Å². The van der Waals surface area contributed by atoms with Gasteiger partial charge in [0.2, 0.25) is 0 Å². The summed E-state index contributed by atoms with van der Waals surface area (Å²) >= 11 is 0. The van der Waals surface area contributed by atoms with Gasteiger partial charge in [0, 0.05) is 48.4 Å². The zero-order chi connectivity index (χ0) is 21.1. The van der Waals surface area contributed by atoms with Gasteiger partial charge in [0.25, 0.3) is 5.91 Å².